The predicted molar refractivity (Wildman–Crippen MR) is 437 cm³/mol. The highest BCUT2D eigenvalue weighted by atomic mass is 35.5. The molecular formula is C81H92Cl7FN10O11. The van der Waals surface area contributed by atoms with Crippen molar-refractivity contribution in [3.05, 3.63) is 218 Å². The number of aliphatic carboxylic acids is 1. The fraction of sp³-hybridized carbons (Fsp3) is 0.432. The third-order valence-electron chi connectivity index (χ3n) is 20.7. The Morgan fingerprint density at radius 2 is 0.864 bits per heavy atom. The molecule has 0 amide bonds. The standard InChI is InChI=1S/C25H27Cl2N3O2.C13H16ClN3O.C13H16ClNO3.C13H18ClNO.C11H12ClNO2.C6H3ClFNO2/c26-18-3-6-20(7-4-18)29-11-1-2-23(29)24(31)15-25-28-21-14-19(27)5-8-22(21)30(25)16-17-9-12-32-13-10-17;14-10-1-2-12-11(7-10)16-13(15)17(12)8-9-3-5-18-6-4-9;14-12-4-3-11(13(9-12)15(16)17)2-1-10-5-7-18-8-6-10;14-12-4-3-11(13(15)9-12)2-1-10-5-7-16-8-6-10;12-8-3-5-9(6-4-8)13-7-1-2-10(13)11(14)15;7-4-1-2-5(8)6(3-4)9(10)11/h3-8,14,17,23H,1-2,9-13,15-16H2;1-2,7,9H,3-6,8H2,(H2,15,16);3-4,9-10H,1-2,5-8H2;3-4,9-10H,1-2,5-8,15H2;3-6,10H,1-2,7H2,(H,14,15);1-3H/t23-;;;;10-;/m0...0./s1. The number of aryl methyl sites for hydroxylation is 2. The fourth-order valence-electron chi connectivity index (χ4n) is 14.6. The smallest absolute Gasteiger partial charge is 0.326 e. The van der Waals surface area contributed by atoms with Crippen molar-refractivity contribution in [2.45, 2.75) is 134 Å². The van der Waals surface area contributed by atoms with Gasteiger partial charge in [0, 0.05) is 149 Å². The van der Waals surface area contributed by atoms with Gasteiger partial charge in [-0.15, -0.1) is 0 Å². The molecule has 2 aromatic heterocycles. The molecule has 7 aromatic carbocycles. The van der Waals surface area contributed by atoms with Crippen LogP contribution < -0.4 is 21.3 Å². The number of rotatable bonds is 18. The molecule has 9 aromatic rings. The molecule has 0 saturated carbocycles. The van der Waals surface area contributed by atoms with Gasteiger partial charge in [-0.2, -0.15) is 4.39 Å². The molecule has 0 radical (unpaired) electrons. The SMILES string of the molecule is Nc1cc(Cl)ccc1CCC1CCOCC1.Nc1nc2cc(Cl)ccc2n1CC1CCOCC1.O=C(Cc1nc2cc(Cl)ccc2n1CC1CCOCC1)[C@@H]1CCCN1c1ccc(Cl)cc1.O=C(O)[C@@H]1CCCN1c1ccc(Cl)cc1.O=[N+]([O-])c1cc(Cl)ccc1CCC1CCOCC1.O=[N+]([O-])c1cc(Cl)ccc1F. The first-order chi connectivity index (χ1) is 53.0. The average molecular weight is 1650 g/mol. The van der Waals surface area contributed by atoms with Crippen molar-refractivity contribution < 1.29 is 47.9 Å². The van der Waals surface area contributed by atoms with Crippen LogP contribution in [0.15, 0.2) is 140 Å². The van der Waals surface area contributed by atoms with Crippen LogP contribution in [0.3, 0.4) is 0 Å². The number of carboxylic acids is 1. The van der Waals surface area contributed by atoms with Gasteiger partial charge in [-0.1, -0.05) is 93.3 Å². The summed E-state index contributed by atoms with van der Waals surface area (Å²) in [6.45, 7) is 10.2. The number of nitrogens with two attached hydrogens (primary N) is 2. The molecule has 15 rings (SSSR count). The van der Waals surface area contributed by atoms with Gasteiger partial charge in [0.05, 0.1) is 44.4 Å². The summed E-state index contributed by atoms with van der Waals surface area (Å²) in [6, 6.07) is 40.0. The van der Waals surface area contributed by atoms with E-state index in [1.165, 1.54) is 37.0 Å². The number of anilines is 4. The Hall–Kier alpha value is -7.58. The molecule has 588 valence electrons. The molecule has 0 aliphatic carbocycles. The zero-order valence-electron chi connectivity index (χ0n) is 61.0. The summed E-state index contributed by atoms with van der Waals surface area (Å²) in [5.41, 5.74) is 20.1. The van der Waals surface area contributed by atoms with E-state index in [2.05, 4.69) is 19.0 Å². The maximum atomic E-state index is 13.5. The Kier molecular flexibility index (Phi) is 32.7. The van der Waals surface area contributed by atoms with E-state index < -0.39 is 22.4 Å². The lowest BCUT2D eigenvalue weighted by Crippen LogP contribution is -2.37. The summed E-state index contributed by atoms with van der Waals surface area (Å²) >= 11 is 41.1. The average Bonchev–Trinajstić information content (AvgIpc) is 1.64. The molecule has 6 fully saturated rings. The first kappa shape index (κ1) is 84.9. The molecule has 6 aliphatic rings. The number of nitrogen functional groups attached to an aromatic ring is 2. The molecule has 6 saturated heterocycles. The number of hydrogen-bond donors (Lipinski definition) is 3. The normalized spacial score (nSPS) is 17.6. The lowest BCUT2D eigenvalue weighted by Gasteiger charge is -2.26. The molecule has 5 N–H and O–H groups in total. The summed E-state index contributed by atoms with van der Waals surface area (Å²) in [7, 11) is 0. The summed E-state index contributed by atoms with van der Waals surface area (Å²) < 4.78 is 38.4. The Labute approximate surface area is 674 Å². The van der Waals surface area contributed by atoms with Crippen LogP contribution in [0.2, 0.25) is 35.2 Å². The van der Waals surface area contributed by atoms with Crippen LogP contribution in [-0.2, 0) is 60.9 Å². The van der Waals surface area contributed by atoms with Crippen molar-refractivity contribution in [3.8, 4) is 0 Å². The quantitative estimate of drug-likeness (QED) is 0.0409. The van der Waals surface area contributed by atoms with Gasteiger partial charge in [0.25, 0.3) is 5.69 Å². The summed E-state index contributed by atoms with van der Waals surface area (Å²) in [5, 5.41) is 34.1. The largest absolute Gasteiger partial charge is 0.480 e. The van der Waals surface area contributed by atoms with E-state index in [0.717, 1.165) is 231 Å². The van der Waals surface area contributed by atoms with Gasteiger partial charge in [0.2, 0.25) is 11.8 Å². The summed E-state index contributed by atoms with van der Waals surface area (Å²) in [6.07, 6.45) is 16.6. The van der Waals surface area contributed by atoms with Crippen molar-refractivity contribution in [2.24, 2.45) is 23.7 Å². The molecular weight excluding hydrogens is 1560 g/mol. The van der Waals surface area contributed by atoms with E-state index in [1.54, 1.807) is 24.3 Å². The van der Waals surface area contributed by atoms with E-state index >= 15 is 0 Å². The highest BCUT2D eigenvalue weighted by Gasteiger charge is 2.34. The van der Waals surface area contributed by atoms with Crippen LogP contribution in [0.4, 0.5) is 38.8 Å². The van der Waals surface area contributed by atoms with Crippen LogP contribution in [0, 0.1) is 49.7 Å². The number of aromatic nitrogens is 4. The van der Waals surface area contributed by atoms with E-state index in [0.29, 0.717) is 60.3 Å². The number of benzene rings is 7. The number of nitrogens with zero attached hydrogens (tertiary/aromatic N) is 8. The Balaban J connectivity index is 0.000000146. The number of nitro benzene ring substituents is 2. The van der Waals surface area contributed by atoms with Gasteiger partial charge in [-0.3, -0.25) is 25.0 Å². The van der Waals surface area contributed by atoms with Gasteiger partial charge in [-0.25, -0.2) is 14.8 Å². The second-order valence-corrected chi connectivity index (χ2v) is 31.2. The number of ether oxygens (including phenoxy) is 4. The Bertz CT molecular complexity index is 4520. The lowest BCUT2D eigenvalue weighted by molar-refractivity contribution is -0.387. The van der Waals surface area contributed by atoms with Gasteiger partial charge in [0.15, 0.2) is 5.78 Å². The number of halogens is 8. The first-order valence-electron chi connectivity index (χ1n) is 37.3. The van der Waals surface area contributed by atoms with E-state index in [4.69, 9.17) is 122 Å². The molecule has 6 aliphatic heterocycles. The minimum Gasteiger partial charge on any atom is -0.480 e. The monoisotopic (exact) mass is 1640 g/mol. The van der Waals surface area contributed by atoms with E-state index in [1.807, 2.05) is 95.9 Å². The molecule has 8 heterocycles. The number of hydrogen-bond acceptors (Lipinski definition) is 16. The highest BCUT2D eigenvalue weighted by molar-refractivity contribution is 6.32. The van der Waals surface area contributed by atoms with Crippen molar-refractivity contribution in [2.75, 3.05) is 87.2 Å². The van der Waals surface area contributed by atoms with E-state index in [-0.39, 0.29) is 33.5 Å². The van der Waals surface area contributed by atoms with E-state index in [9.17, 15) is 34.2 Å². The molecule has 0 unspecified atom stereocenters. The van der Waals surface area contributed by atoms with Gasteiger partial charge < -0.3 is 54.5 Å². The Morgan fingerprint density at radius 3 is 1.35 bits per heavy atom. The predicted octanol–water partition coefficient (Wildman–Crippen LogP) is 19.9. The maximum Gasteiger partial charge on any atom is 0.326 e. The minimum absolute atomic E-state index is 0.129. The van der Waals surface area contributed by atoms with Gasteiger partial charge >= 0.3 is 11.7 Å². The Morgan fingerprint density at radius 1 is 0.473 bits per heavy atom. The molecule has 21 nitrogen and oxygen atoms in total. The van der Waals surface area contributed by atoms with Gasteiger partial charge in [0.1, 0.15) is 11.9 Å². The van der Waals surface area contributed by atoms with Crippen LogP contribution in [-0.4, -0.2) is 124 Å². The number of carbonyl (C=O) groups excluding carboxylic acids is 1. The van der Waals surface area contributed by atoms with Crippen molar-refractivity contribution in [1.82, 2.24) is 19.1 Å². The molecule has 0 bridgehead atoms. The molecule has 29 heteroatoms. The van der Waals surface area contributed by atoms with Crippen molar-refractivity contribution in [1.29, 1.82) is 0 Å². The second-order valence-electron chi connectivity index (χ2n) is 28.1. The summed E-state index contributed by atoms with van der Waals surface area (Å²) in [4.78, 5) is 57.7. The fourth-order valence-corrected chi connectivity index (χ4v) is 15.7. The van der Waals surface area contributed by atoms with Crippen LogP contribution in [0.5, 0.6) is 0 Å². The number of carboxylic acid groups (broad SMARTS) is 1. The molecule has 110 heavy (non-hydrogen) atoms. The number of carbonyl (C=O) groups is 2. The van der Waals surface area contributed by atoms with Gasteiger partial charge in [-0.05, 0) is 247 Å². The molecule has 2 atom stereocenters. The van der Waals surface area contributed by atoms with Crippen molar-refractivity contribution >= 4 is 149 Å². The third-order valence-corrected chi connectivity index (χ3v) is 22.4. The highest BCUT2D eigenvalue weighted by Crippen LogP contribution is 2.34. The topological polar surface area (TPSA) is 272 Å². The number of nitro groups is 2. The third kappa shape index (κ3) is 25.0. The number of fused-ring (bicyclic) bond motifs is 2. The number of Topliss-reactive ketones (excluding diaryl/α,β-unsaturated/α-hetero) is 1. The zero-order valence-corrected chi connectivity index (χ0v) is 66.3. The number of ketones is 1. The van der Waals surface area contributed by atoms with Crippen LogP contribution in [0.25, 0.3) is 22.1 Å². The van der Waals surface area contributed by atoms with Crippen molar-refractivity contribution in [3.63, 3.8) is 0 Å². The maximum absolute atomic E-state index is 13.5. The summed E-state index contributed by atoms with van der Waals surface area (Å²) in [5.74, 6) is 2.56. The first-order valence-corrected chi connectivity index (χ1v) is 39.9. The lowest BCUT2D eigenvalue weighted by atomic mass is 9.92. The molecule has 0 spiro atoms. The minimum atomic E-state index is -0.876. The number of imidazole rings is 2. The van der Waals surface area contributed by atoms with Crippen LogP contribution in [0.1, 0.15) is 107 Å². The second kappa shape index (κ2) is 42.3. The zero-order chi connectivity index (χ0) is 78.2. The van der Waals surface area contributed by atoms with Crippen LogP contribution >= 0.6 is 81.2 Å².